The molecule has 0 saturated carbocycles. The summed E-state index contributed by atoms with van der Waals surface area (Å²) in [7, 11) is 0. The van der Waals surface area contributed by atoms with Crippen LogP contribution in [0.3, 0.4) is 0 Å². The molecule has 2 atom stereocenters. The van der Waals surface area contributed by atoms with Crippen LogP contribution in [0, 0.1) is 11.8 Å². The fourth-order valence-corrected chi connectivity index (χ4v) is 7.36. The summed E-state index contributed by atoms with van der Waals surface area (Å²) in [6, 6.07) is 0.566. The maximum Gasteiger partial charge on any atom is 0.308 e. The molecule has 0 rings (SSSR count). The Morgan fingerprint density at radius 1 is 0.423 bits per heavy atom. The summed E-state index contributed by atoms with van der Waals surface area (Å²) in [5.41, 5.74) is 0. The van der Waals surface area contributed by atoms with Gasteiger partial charge in [0, 0.05) is 12.6 Å². The topological polar surface area (TPSA) is 84.9 Å². The number of carbonyl (C=O) groups excluding carboxylic acids is 2. The number of carbonyl (C=O) groups is 2. The number of nitrogens with one attached hydrogen (secondary N) is 1. The minimum absolute atomic E-state index is 0.0533. The van der Waals surface area contributed by atoms with Crippen molar-refractivity contribution in [3.05, 3.63) is 0 Å². The van der Waals surface area contributed by atoms with Crippen LogP contribution >= 0.6 is 0 Å². The molecule has 6 nitrogen and oxygen atoms in total. The first-order valence-electron chi connectivity index (χ1n) is 23.2. The Morgan fingerprint density at radius 3 is 1.13 bits per heavy atom. The van der Waals surface area contributed by atoms with Crippen LogP contribution in [-0.2, 0) is 19.1 Å². The van der Waals surface area contributed by atoms with E-state index >= 15 is 0 Å². The molecule has 0 fully saturated rings. The Labute approximate surface area is 324 Å². The van der Waals surface area contributed by atoms with E-state index in [4.69, 9.17) is 9.47 Å². The zero-order valence-electron chi connectivity index (χ0n) is 35.5. The lowest BCUT2D eigenvalue weighted by Crippen LogP contribution is -2.30. The molecular formula is C46H91NO5. The third-order valence-electron chi connectivity index (χ3n) is 10.9. The molecule has 0 spiro atoms. The molecule has 52 heavy (non-hydrogen) atoms. The van der Waals surface area contributed by atoms with Gasteiger partial charge in [0.2, 0.25) is 0 Å². The lowest BCUT2D eigenvalue weighted by molar-refractivity contribution is -0.150. The fourth-order valence-electron chi connectivity index (χ4n) is 7.36. The van der Waals surface area contributed by atoms with Crippen molar-refractivity contribution >= 4 is 11.9 Å². The molecule has 2 unspecified atom stereocenters. The highest BCUT2D eigenvalue weighted by molar-refractivity contribution is 5.72. The standard InChI is InChI=1S/C46H91NO5/c1-5-9-13-25-34-42(32-11-7-3)45(49)51-40-29-23-19-15-17-21-27-36-44(47-38-31-39-48)37-28-22-18-16-20-24-30-41-52-46(50)43(33-12-8-4)35-26-14-10-6-2/h42-44,47-48H,5-41H2,1-4H3. The van der Waals surface area contributed by atoms with Gasteiger partial charge < -0.3 is 19.9 Å². The number of hydrogen-bond donors (Lipinski definition) is 2. The van der Waals surface area contributed by atoms with Crippen LogP contribution in [-0.4, -0.2) is 49.5 Å². The Morgan fingerprint density at radius 2 is 0.750 bits per heavy atom. The maximum atomic E-state index is 12.6. The van der Waals surface area contributed by atoms with E-state index in [1.807, 2.05) is 0 Å². The van der Waals surface area contributed by atoms with Crippen LogP contribution in [0.2, 0.25) is 0 Å². The molecule has 0 aliphatic rings. The van der Waals surface area contributed by atoms with E-state index in [0.717, 1.165) is 103 Å². The number of hydrogen-bond acceptors (Lipinski definition) is 6. The van der Waals surface area contributed by atoms with E-state index in [9.17, 15) is 14.7 Å². The Hall–Kier alpha value is -1.14. The van der Waals surface area contributed by atoms with Gasteiger partial charge in [0.25, 0.3) is 0 Å². The number of aliphatic hydroxyl groups is 1. The van der Waals surface area contributed by atoms with Crippen molar-refractivity contribution in [2.24, 2.45) is 11.8 Å². The van der Waals surface area contributed by atoms with Gasteiger partial charge >= 0.3 is 11.9 Å². The van der Waals surface area contributed by atoms with Crippen molar-refractivity contribution < 1.29 is 24.2 Å². The molecule has 0 saturated heterocycles. The average Bonchev–Trinajstić information content (AvgIpc) is 3.15. The van der Waals surface area contributed by atoms with Crippen LogP contribution in [0.1, 0.15) is 240 Å². The van der Waals surface area contributed by atoms with Gasteiger partial charge in [0.15, 0.2) is 0 Å². The van der Waals surface area contributed by atoms with Crippen LogP contribution in [0.4, 0.5) is 0 Å². The summed E-state index contributed by atoms with van der Waals surface area (Å²) in [5.74, 6) is 0.324. The highest BCUT2D eigenvalue weighted by Crippen LogP contribution is 2.21. The Kier molecular flexibility index (Phi) is 40.1. The highest BCUT2D eigenvalue weighted by Gasteiger charge is 2.20. The minimum atomic E-state index is 0.0533. The molecule has 0 heterocycles. The first-order chi connectivity index (χ1) is 25.5. The van der Waals surface area contributed by atoms with Crippen molar-refractivity contribution in [3.8, 4) is 0 Å². The molecule has 0 amide bonds. The molecule has 0 aromatic heterocycles. The van der Waals surface area contributed by atoms with Crippen molar-refractivity contribution in [1.82, 2.24) is 5.32 Å². The van der Waals surface area contributed by atoms with Crippen LogP contribution in [0.5, 0.6) is 0 Å². The average molecular weight is 738 g/mol. The second kappa shape index (κ2) is 41.0. The zero-order chi connectivity index (χ0) is 38.2. The van der Waals surface area contributed by atoms with Crippen molar-refractivity contribution in [2.75, 3.05) is 26.4 Å². The summed E-state index contributed by atoms with van der Waals surface area (Å²) in [6.07, 6.45) is 38.6. The van der Waals surface area contributed by atoms with E-state index in [1.54, 1.807) is 0 Å². The summed E-state index contributed by atoms with van der Waals surface area (Å²) >= 11 is 0. The SMILES string of the molecule is CCCCCCC(CCCC)C(=O)OCCCCCCCCCC(CCCCCCCCCOC(=O)C(CCCC)CCCCCC)NCCCO. The van der Waals surface area contributed by atoms with Gasteiger partial charge in [-0.15, -0.1) is 0 Å². The molecule has 0 aromatic rings. The second-order valence-corrected chi connectivity index (χ2v) is 16.0. The van der Waals surface area contributed by atoms with Crippen molar-refractivity contribution in [1.29, 1.82) is 0 Å². The first kappa shape index (κ1) is 50.9. The van der Waals surface area contributed by atoms with E-state index in [-0.39, 0.29) is 30.4 Å². The molecule has 2 N–H and O–H groups in total. The summed E-state index contributed by atoms with van der Waals surface area (Å²) in [4.78, 5) is 25.3. The third kappa shape index (κ3) is 33.4. The van der Waals surface area contributed by atoms with E-state index in [0.29, 0.717) is 19.3 Å². The lowest BCUT2D eigenvalue weighted by Gasteiger charge is -2.19. The van der Waals surface area contributed by atoms with Gasteiger partial charge in [-0.2, -0.15) is 0 Å². The van der Waals surface area contributed by atoms with Crippen LogP contribution in [0.15, 0.2) is 0 Å². The summed E-state index contributed by atoms with van der Waals surface area (Å²) in [6.45, 7) is 11.2. The first-order valence-corrected chi connectivity index (χ1v) is 23.2. The van der Waals surface area contributed by atoms with Gasteiger partial charge in [-0.05, 0) is 64.3 Å². The van der Waals surface area contributed by atoms with E-state index in [1.165, 1.54) is 116 Å². The highest BCUT2D eigenvalue weighted by atomic mass is 16.5. The van der Waals surface area contributed by atoms with Crippen LogP contribution < -0.4 is 5.32 Å². The molecule has 0 aromatic carbocycles. The molecule has 310 valence electrons. The van der Waals surface area contributed by atoms with Gasteiger partial charge in [0.05, 0.1) is 25.0 Å². The zero-order valence-corrected chi connectivity index (χ0v) is 35.5. The van der Waals surface area contributed by atoms with Crippen molar-refractivity contribution in [3.63, 3.8) is 0 Å². The number of esters is 2. The second-order valence-electron chi connectivity index (χ2n) is 16.0. The summed E-state index contributed by atoms with van der Waals surface area (Å²) < 4.78 is 11.4. The monoisotopic (exact) mass is 738 g/mol. The number of aliphatic hydroxyl groups excluding tert-OH is 1. The molecule has 0 radical (unpaired) electrons. The van der Waals surface area contributed by atoms with Gasteiger partial charge in [-0.1, -0.05) is 182 Å². The maximum absolute atomic E-state index is 12.6. The molecule has 0 aliphatic heterocycles. The van der Waals surface area contributed by atoms with Gasteiger partial charge in [0.1, 0.15) is 0 Å². The van der Waals surface area contributed by atoms with Gasteiger partial charge in [-0.25, -0.2) is 0 Å². The normalized spacial score (nSPS) is 13.2. The van der Waals surface area contributed by atoms with Crippen molar-refractivity contribution in [2.45, 2.75) is 246 Å². The summed E-state index contributed by atoms with van der Waals surface area (Å²) in [5, 5.41) is 13.0. The molecular weight excluding hydrogens is 647 g/mol. The smallest absolute Gasteiger partial charge is 0.308 e. The quantitative estimate of drug-likeness (QED) is 0.0479. The van der Waals surface area contributed by atoms with Gasteiger partial charge in [-0.3, -0.25) is 9.59 Å². The molecule has 0 aliphatic carbocycles. The predicted octanol–water partition coefficient (Wildman–Crippen LogP) is 13.2. The number of rotatable bonds is 42. The van der Waals surface area contributed by atoms with E-state index < -0.39 is 0 Å². The number of unbranched alkanes of at least 4 members (excludes halogenated alkanes) is 20. The predicted molar refractivity (Wildman–Crippen MR) is 223 cm³/mol. The molecule has 6 heteroatoms. The molecule has 0 bridgehead atoms. The van der Waals surface area contributed by atoms with Crippen LogP contribution in [0.25, 0.3) is 0 Å². The Balaban J connectivity index is 3.99. The number of ether oxygens (including phenoxy) is 2. The van der Waals surface area contributed by atoms with E-state index in [2.05, 4.69) is 33.0 Å². The lowest BCUT2D eigenvalue weighted by atomic mass is 9.95. The minimum Gasteiger partial charge on any atom is -0.465 e. The largest absolute Gasteiger partial charge is 0.465 e. The Bertz CT molecular complexity index is 690. The fraction of sp³-hybridized carbons (Fsp3) is 0.957. The third-order valence-corrected chi connectivity index (χ3v) is 10.9.